The Balaban J connectivity index is 1.73. The highest BCUT2D eigenvalue weighted by Crippen LogP contribution is 2.35. The van der Waals surface area contributed by atoms with E-state index < -0.39 is 0 Å². The molecule has 2 aromatic rings. The maximum Gasteiger partial charge on any atom is 0.225 e. The number of hydrogen-bond donors (Lipinski definition) is 0. The predicted octanol–water partition coefficient (Wildman–Crippen LogP) is 3.04. The van der Waals surface area contributed by atoms with Gasteiger partial charge in [-0.25, -0.2) is 0 Å². The lowest BCUT2D eigenvalue weighted by Crippen LogP contribution is -2.45. The number of ether oxygens (including phenoxy) is 1. The lowest BCUT2D eigenvalue weighted by molar-refractivity contribution is -0.147. The molecule has 110 valence electrons. The van der Waals surface area contributed by atoms with Crippen molar-refractivity contribution in [2.75, 3.05) is 7.11 Å². The first kappa shape index (κ1) is 14.2. The van der Waals surface area contributed by atoms with Crippen LogP contribution in [0, 0.1) is 11.3 Å². The highest BCUT2D eigenvalue weighted by molar-refractivity contribution is 5.83. The summed E-state index contributed by atoms with van der Waals surface area (Å²) < 4.78 is 5.14. The molecule has 22 heavy (non-hydrogen) atoms. The molecule has 1 heterocycles. The van der Waals surface area contributed by atoms with Gasteiger partial charge in [-0.1, -0.05) is 24.3 Å². The standard InChI is InChI=1S/C18H16N2O2/c1-22-16-8-4-14(5-9-16)12-20-17(10-18(20)21)15-6-2-13(11-19)3-7-15/h2-9,17H,10,12H2,1H3/t17-/m0/s1. The van der Waals surface area contributed by atoms with Crippen molar-refractivity contribution in [2.24, 2.45) is 0 Å². The fourth-order valence-corrected chi connectivity index (χ4v) is 2.66. The molecule has 3 rings (SSSR count). The van der Waals surface area contributed by atoms with Crippen LogP contribution in [0.2, 0.25) is 0 Å². The van der Waals surface area contributed by atoms with Crippen molar-refractivity contribution in [1.82, 2.24) is 4.90 Å². The second-order valence-corrected chi connectivity index (χ2v) is 5.32. The number of carbonyl (C=O) groups excluding carboxylic acids is 1. The molecule has 1 saturated heterocycles. The normalized spacial score (nSPS) is 16.8. The van der Waals surface area contributed by atoms with Crippen molar-refractivity contribution in [3.05, 3.63) is 65.2 Å². The third-order valence-electron chi connectivity index (χ3n) is 4.00. The molecule has 0 saturated carbocycles. The molecular weight excluding hydrogens is 276 g/mol. The van der Waals surface area contributed by atoms with Crippen LogP contribution in [0.4, 0.5) is 0 Å². The van der Waals surface area contributed by atoms with Crippen molar-refractivity contribution in [1.29, 1.82) is 5.26 Å². The third-order valence-corrected chi connectivity index (χ3v) is 4.00. The van der Waals surface area contributed by atoms with Crippen LogP contribution in [-0.2, 0) is 11.3 Å². The summed E-state index contributed by atoms with van der Waals surface area (Å²) in [5.74, 6) is 0.965. The number of carbonyl (C=O) groups is 1. The van der Waals surface area contributed by atoms with Crippen LogP contribution in [-0.4, -0.2) is 17.9 Å². The van der Waals surface area contributed by atoms with E-state index in [4.69, 9.17) is 10.00 Å². The minimum Gasteiger partial charge on any atom is -0.497 e. The van der Waals surface area contributed by atoms with Gasteiger partial charge >= 0.3 is 0 Å². The van der Waals surface area contributed by atoms with Crippen LogP contribution in [0.5, 0.6) is 5.75 Å². The van der Waals surface area contributed by atoms with Gasteiger partial charge in [-0.15, -0.1) is 0 Å². The summed E-state index contributed by atoms with van der Waals surface area (Å²) in [6, 6.07) is 17.4. The van der Waals surface area contributed by atoms with E-state index in [0.717, 1.165) is 16.9 Å². The Bertz CT molecular complexity index is 714. The second kappa shape index (κ2) is 5.90. The van der Waals surface area contributed by atoms with Gasteiger partial charge in [0.2, 0.25) is 5.91 Å². The summed E-state index contributed by atoms with van der Waals surface area (Å²) in [7, 11) is 1.63. The monoisotopic (exact) mass is 292 g/mol. The molecule has 4 nitrogen and oxygen atoms in total. The van der Waals surface area contributed by atoms with Gasteiger partial charge in [0.1, 0.15) is 5.75 Å². The minimum absolute atomic E-state index is 0.0994. The second-order valence-electron chi connectivity index (χ2n) is 5.32. The largest absolute Gasteiger partial charge is 0.497 e. The Morgan fingerprint density at radius 3 is 2.41 bits per heavy atom. The third kappa shape index (κ3) is 2.66. The number of hydrogen-bond acceptors (Lipinski definition) is 3. The first-order chi connectivity index (χ1) is 10.7. The molecule has 0 aromatic heterocycles. The molecule has 0 bridgehead atoms. The van der Waals surface area contributed by atoms with Gasteiger partial charge in [0, 0.05) is 6.54 Å². The Kier molecular flexibility index (Phi) is 3.80. The average Bonchev–Trinajstić information content (AvgIpc) is 2.58. The zero-order valence-electron chi connectivity index (χ0n) is 12.3. The maximum absolute atomic E-state index is 11.9. The van der Waals surface area contributed by atoms with E-state index in [2.05, 4.69) is 6.07 Å². The maximum atomic E-state index is 11.9. The molecule has 0 aliphatic carbocycles. The van der Waals surface area contributed by atoms with Crippen molar-refractivity contribution in [3.8, 4) is 11.8 Å². The van der Waals surface area contributed by atoms with Crippen LogP contribution in [0.15, 0.2) is 48.5 Å². The van der Waals surface area contributed by atoms with Gasteiger partial charge in [0.05, 0.1) is 31.2 Å². The molecule has 4 heteroatoms. The zero-order chi connectivity index (χ0) is 15.5. The number of rotatable bonds is 4. The lowest BCUT2D eigenvalue weighted by Gasteiger charge is -2.41. The van der Waals surface area contributed by atoms with Crippen molar-refractivity contribution >= 4 is 5.91 Å². The molecule has 1 fully saturated rings. The van der Waals surface area contributed by atoms with Crippen molar-refractivity contribution in [2.45, 2.75) is 19.0 Å². The number of nitrogens with zero attached hydrogens (tertiary/aromatic N) is 2. The van der Waals surface area contributed by atoms with E-state index in [1.807, 2.05) is 41.3 Å². The van der Waals surface area contributed by atoms with Crippen LogP contribution < -0.4 is 4.74 Å². The molecule has 1 aliphatic rings. The van der Waals surface area contributed by atoms with Gasteiger partial charge in [-0.3, -0.25) is 4.79 Å². The van der Waals surface area contributed by atoms with E-state index in [1.54, 1.807) is 19.2 Å². The van der Waals surface area contributed by atoms with Crippen molar-refractivity contribution < 1.29 is 9.53 Å². The number of nitriles is 1. The SMILES string of the molecule is COc1ccc(CN2C(=O)C[C@H]2c2ccc(C#N)cc2)cc1. The van der Waals surface area contributed by atoms with Crippen LogP contribution in [0.1, 0.15) is 29.2 Å². The van der Waals surface area contributed by atoms with E-state index in [-0.39, 0.29) is 11.9 Å². The van der Waals surface area contributed by atoms with E-state index in [1.165, 1.54) is 0 Å². The number of methoxy groups -OCH3 is 1. The molecule has 1 atom stereocenters. The van der Waals surface area contributed by atoms with Gasteiger partial charge in [0.15, 0.2) is 0 Å². The summed E-state index contributed by atoms with van der Waals surface area (Å²) in [5.41, 5.74) is 2.79. The predicted molar refractivity (Wildman–Crippen MR) is 82.1 cm³/mol. The Labute approximate surface area is 129 Å². The molecule has 0 radical (unpaired) electrons. The number of β-lactam (4-membered cyclic amide) rings is 1. The van der Waals surface area contributed by atoms with Gasteiger partial charge < -0.3 is 9.64 Å². The van der Waals surface area contributed by atoms with Crippen LogP contribution >= 0.6 is 0 Å². The van der Waals surface area contributed by atoms with Gasteiger partial charge in [0.25, 0.3) is 0 Å². The Morgan fingerprint density at radius 2 is 1.86 bits per heavy atom. The molecule has 2 aromatic carbocycles. The van der Waals surface area contributed by atoms with E-state index >= 15 is 0 Å². The topological polar surface area (TPSA) is 53.3 Å². The van der Waals surface area contributed by atoms with Crippen molar-refractivity contribution in [3.63, 3.8) is 0 Å². The zero-order valence-corrected chi connectivity index (χ0v) is 12.3. The Morgan fingerprint density at radius 1 is 1.18 bits per heavy atom. The van der Waals surface area contributed by atoms with E-state index in [9.17, 15) is 4.79 Å². The average molecular weight is 292 g/mol. The van der Waals surface area contributed by atoms with Gasteiger partial charge in [-0.05, 0) is 35.4 Å². The summed E-state index contributed by atoms with van der Waals surface area (Å²) >= 11 is 0. The Hall–Kier alpha value is -2.80. The first-order valence-electron chi connectivity index (χ1n) is 7.13. The van der Waals surface area contributed by atoms with Crippen LogP contribution in [0.3, 0.4) is 0 Å². The molecule has 1 amide bonds. The number of benzene rings is 2. The van der Waals surface area contributed by atoms with Gasteiger partial charge in [-0.2, -0.15) is 5.26 Å². The van der Waals surface area contributed by atoms with E-state index in [0.29, 0.717) is 18.5 Å². The molecule has 0 spiro atoms. The first-order valence-corrected chi connectivity index (χ1v) is 7.13. The van der Waals surface area contributed by atoms with Crippen LogP contribution in [0.25, 0.3) is 0 Å². The molecule has 0 unspecified atom stereocenters. The summed E-state index contributed by atoms with van der Waals surface area (Å²) in [5, 5.41) is 8.85. The molecular formula is C18H16N2O2. The highest BCUT2D eigenvalue weighted by atomic mass is 16.5. The fraction of sp³-hybridized carbons (Fsp3) is 0.222. The lowest BCUT2D eigenvalue weighted by atomic mass is 9.92. The quantitative estimate of drug-likeness (QED) is 0.814. The summed E-state index contributed by atoms with van der Waals surface area (Å²) in [6.45, 7) is 0.591. The summed E-state index contributed by atoms with van der Waals surface area (Å²) in [4.78, 5) is 13.8. The number of amides is 1. The fourth-order valence-electron chi connectivity index (χ4n) is 2.66. The smallest absolute Gasteiger partial charge is 0.225 e. The molecule has 0 N–H and O–H groups in total. The summed E-state index contributed by atoms with van der Waals surface area (Å²) in [6.07, 6.45) is 0.530. The minimum atomic E-state index is 0.0994. The molecule has 1 aliphatic heterocycles. The highest BCUT2D eigenvalue weighted by Gasteiger charge is 2.36. The number of likely N-dealkylation sites (tertiary alicyclic amines) is 1.